The predicted molar refractivity (Wildman–Crippen MR) is 82.0 cm³/mol. The number of nitriles is 1. The monoisotopic (exact) mass is 285 g/mol. The summed E-state index contributed by atoms with van der Waals surface area (Å²) in [6, 6.07) is 11.9. The maximum Gasteiger partial charge on any atom is 0.147 e. The van der Waals surface area contributed by atoms with Crippen molar-refractivity contribution < 1.29 is 0 Å². The Bertz CT molecular complexity index is 674. The zero-order valence-electron chi connectivity index (χ0n) is 11.8. The third kappa shape index (κ3) is 3.09. The first-order valence-electron chi connectivity index (χ1n) is 6.35. The van der Waals surface area contributed by atoms with Crippen molar-refractivity contribution >= 4 is 17.4 Å². The minimum atomic E-state index is 0.625. The van der Waals surface area contributed by atoms with E-state index in [-0.39, 0.29) is 0 Å². The summed E-state index contributed by atoms with van der Waals surface area (Å²) in [5, 5.41) is 10.0. The van der Waals surface area contributed by atoms with E-state index < -0.39 is 0 Å². The highest BCUT2D eigenvalue weighted by Gasteiger charge is 2.13. The van der Waals surface area contributed by atoms with Gasteiger partial charge < -0.3 is 4.90 Å². The normalized spacial score (nSPS) is 10.2. The summed E-state index contributed by atoms with van der Waals surface area (Å²) in [6.07, 6.45) is 0. The number of aromatic nitrogens is 1. The minimum absolute atomic E-state index is 0.625. The lowest BCUT2D eigenvalue weighted by Gasteiger charge is -2.21. The highest BCUT2D eigenvalue weighted by atomic mass is 35.5. The van der Waals surface area contributed by atoms with Gasteiger partial charge in [-0.2, -0.15) is 5.26 Å². The molecule has 0 amide bonds. The molecule has 3 nitrogen and oxygen atoms in total. The number of anilines is 1. The quantitative estimate of drug-likeness (QED) is 0.860. The average molecular weight is 286 g/mol. The lowest BCUT2D eigenvalue weighted by atomic mass is 10.1. The van der Waals surface area contributed by atoms with Gasteiger partial charge in [0.1, 0.15) is 11.9 Å². The Balaban J connectivity index is 2.34. The topological polar surface area (TPSA) is 39.9 Å². The van der Waals surface area contributed by atoms with E-state index in [0.717, 1.165) is 16.8 Å². The van der Waals surface area contributed by atoms with E-state index in [4.69, 9.17) is 11.6 Å². The SMILES string of the molecule is Cc1cc(C)c(C#N)c(N(C)Cc2cccc(Cl)c2)n1. The number of hydrogen-bond donors (Lipinski definition) is 0. The molecule has 0 fully saturated rings. The molecule has 1 heterocycles. The smallest absolute Gasteiger partial charge is 0.147 e. The van der Waals surface area contributed by atoms with Crippen molar-refractivity contribution in [3.05, 3.63) is 57.7 Å². The Kier molecular flexibility index (Phi) is 4.26. The standard InChI is InChI=1S/C16H16ClN3/c1-11-7-12(2)19-16(15(11)9-18)20(3)10-13-5-4-6-14(17)8-13/h4-8H,10H2,1-3H3. The van der Waals surface area contributed by atoms with Crippen LogP contribution in [-0.2, 0) is 6.54 Å². The number of aryl methyl sites for hydroxylation is 2. The second-order valence-electron chi connectivity index (χ2n) is 4.88. The molecule has 2 rings (SSSR count). The number of pyridine rings is 1. The Hall–Kier alpha value is -2.05. The Morgan fingerprint density at radius 2 is 2.05 bits per heavy atom. The molecule has 20 heavy (non-hydrogen) atoms. The highest BCUT2D eigenvalue weighted by molar-refractivity contribution is 6.30. The van der Waals surface area contributed by atoms with Crippen LogP contribution in [0.25, 0.3) is 0 Å². The molecule has 0 N–H and O–H groups in total. The number of hydrogen-bond acceptors (Lipinski definition) is 3. The Morgan fingerprint density at radius 3 is 2.70 bits per heavy atom. The summed E-state index contributed by atoms with van der Waals surface area (Å²) in [7, 11) is 1.93. The predicted octanol–water partition coefficient (Wildman–Crippen LogP) is 3.86. The van der Waals surface area contributed by atoms with Crippen molar-refractivity contribution in [2.24, 2.45) is 0 Å². The van der Waals surface area contributed by atoms with Gasteiger partial charge in [-0.05, 0) is 43.2 Å². The van der Waals surface area contributed by atoms with Gasteiger partial charge in [0.2, 0.25) is 0 Å². The van der Waals surface area contributed by atoms with Gasteiger partial charge >= 0.3 is 0 Å². The van der Waals surface area contributed by atoms with Crippen molar-refractivity contribution in [1.29, 1.82) is 5.26 Å². The Labute approximate surface area is 124 Å². The fourth-order valence-electron chi connectivity index (χ4n) is 2.22. The molecule has 0 atom stereocenters. The summed E-state index contributed by atoms with van der Waals surface area (Å²) < 4.78 is 0. The molecule has 0 unspecified atom stereocenters. The van der Waals surface area contributed by atoms with Crippen LogP contribution >= 0.6 is 11.6 Å². The first-order chi connectivity index (χ1) is 9.51. The van der Waals surface area contributed by atoms with Crippen LogP contribution in [0.3, 0.4) is 0 Å². The van der Waals surface area contributed by atoms with Gasteiger partial charge in [0.05, 0.1) is 5.56 Å². The second kappa shape index (κ2) is 5.94. The molecule has 0 aliphatic rings. The maximum atomic E-state index is 9.31. The van der Waals surface area contributed by atoms with E-state index in [1.54, 1.807) is 0 Å². The van der Waals surface area contributed by atoms with Gasteiger partial charge in [0.15, 0.2) is 0 Å². The number of rotatable bonds is 3. The molecule has 0 spiro atoms. The summed E-state index contributed by atoms with van der Waals surface area (Å²) in [5.41, 5.74) is 3.58. The van der Waals surface area contributed by atoms with E-state index >= 15 is 0 Å². The fourth-order valence-corrected chi connectivity index (χ4v) is 2.43. The molecule has 1 aromatic carbocycles. The van der Waals surface area contributed by atoms with Crippen LogP contribution in [0.1, 0.15) is 22.4 Å². The van der Waals surface area contributed by atoms with Gasteiger partial charge in [-0.3, -0.25) is 0 Å². The second-order valence-corrected chi connectivity index (χ2v) is 5.31. The van der Waals surface area contributed by atoms with Gasteiger partial charge in [0.25, 0.3) is 0 Å². The van der Waals surface area contributed by atoms with Crippen LogP contribution < -0.4 is 4.90 Å². The highest BCUT2D eigenvalue weighted by Crippen LogP contribution is 2.22. The third-order valence-electron chi connectivity index (χ3n) is 3.11. The van der Waals surface area contributed by atoms with Gasteiger partial charge in [-0.15, -0.1) is 0 Å². The maximum absolute atomic E-state index is 9.31. The van der Waals surface area contributed by atoms with Crippen molar-refractivity contribution in [2.75, 3.05) is 11.9 Å². The van der Waals surface area contributed by atoms with Gasteiger partial charge in [-0.1, -0.05) is 23.7 Å². The van der Waals surface area contributed by atoms with Crippen molar-refractivity contribution in [1.82, 2.24) is 4.98 Å². The first-order valence-corrected chi connectivity index (χ1v) is 6.73. The molecule has 0 bridgehead atoms. The van der Waals surface area contributed by atoms with E-state index in [0.29, 0.717) is 22.9 Å². The molecular weight excluding hydrogens is 270 g/mol. The largest absolute Gasteiger partial charge is 0.354 e. The van der Waals surface area contributed by atoms with Crippen molar-refractivity contribution in [2.45, 2.75) is 20.4 Å². The molecule has 102 valence electrons. The molecule has 0 aliphatic carbocycles. The number of nitrogens with zero attached hydrogens (tertiary/aromatic N) is 3. The van der Waals surface area contributed by atoms with Crippen LogP contribution in [0.15, 0.2) is 30.3 Å². The fraction of sp³-hybridized carbons (Fsp3) is 0.250. The molecule has 2 aromatic rings. The van der Waals surface area contributed by atoms with Crippen molar-refractivity contribution in [3.8, 4) is 6.07 Å². The average Bonchev–Trinajstić information content (AvgIpc) is 2.37. The van der Waals surface area contributed by atoms with E-state index in [1.165, 1.54) is 0 Å². The molecular formula is C16H16ClN3. The van der Waals surface area contributed by atoms with E-state index in [2.05, 4.69) is 11.1 Å². The van der Waals surface area contributed by atoms with Crippen LogP contribution in [0.4, 0.5) is 5.82 Å². The zero-order valence-corrected chi connectivity index (χ0v) is 12.6. The van der Waals surface area contributed by atoms with Crippen molar-refractivity contribution in [3.63, 3.8) is 0 Å². The lowest BCUT2D eigenvalue weighted by Crippen LogP contribution is -2.19. The molecule has 0 aliphatic heterocycles. The van der Waals surface area contributed by atoms with E-state index in [9.17, 15) is 5.26 Å². The van der Waals surface area contributed by atoms with Crippen LogP contribution in [-0.4, -0.2) is 12.0 Å². The van der Waals surface area contributed by atoms with Gasteiger partial charge in [-0.25, -0.2) is 4.98 Å². The van der Waals surface area contributed by atoms with Crippen LogP contribution in [0.5, 0.6) is 0 Å². The van der Waals surface area contributed by atoms with Crippen LogP contribution in [0, 0.1) is 25.2 Å². The number of halogens is 1. The molecule has 4 heteroatoms. The lowest BCUT2D eigenvalue weighted by molar-refractivity contribution is 0.887. The molecule has 1 aromatic heterocycles. The number of benzene rings is 1. The summed E-state index contributed by atoms with van der Waals surface area (Å²) >= 11 is 6.00. The summed E-state index contributed by atoms with van der Waals surface area (Å²) in [6.45, 7) is 4.53. The van der Waals surface area contributed by atoms with E-state index in [1.807, 2.05) is 56.1 Å². The minimum Gasteiger partial charge on any atom is -0.354 e. The zero-order chi connectivity index (χ0) is 14.7. The van der Waals surface area contributed by atoms with Crippen LogP contribution in [0.2, 0.25) is 5.02 Å². The first kappa shape index (κ1) is 14.4. The third-order valence-corrected chi connectivity index (χ3v) is 3.34. The van der Waals surface area contributed by atoms with Gasteiger partial charge in [0, 0.05) is 24.3 Å². The Morgan fingerprint density at radius 1 is 1.30 bits per heavy atom. The summed E-state index contributed by atoms with van der Waals surface area (Å²) in [5.74, 6) is 0.713. The molecule has 0 saturated heterocycles. The summed E-state index contributed by atoms with van der Waals surface area (Å²) in [4.78, 5) is 6.47. The molecule has 0 saturated carbocycles. The molecule has 0 radical (unpaired) electrons.